The van der Waals surface area contributed by atoms with Gasteiger partial charge in [0.05, 0.1) is 6.54 Å². The highest BCUT2D eigenvalue weighted by molar-refractivity contribution is 4.76. The van der Waals surface area contributed by atoms with Crippen molar-refractivity contribution in [3.63, 3.8) is 0 Å². The molecule has 1 unspecified atom stereocenters. The Kier molecular flexibility index (Phi) is 4.98. The van der Waals surface area contributed by atoms with Crippen LogP contribution in [0.15, 0.2) is 0 Å². The van der Waals surface area contributed by atoms with Crippen molar-refractivity contribution in [3.05, 3.63) is 0 Å². The fraction of sp³-hybridized carbons (Fsp3) is 1.00. The molecule has 1 saturated heterocycles. The Morgan fingerprint density at radius 3 is 2.69 bits per heavy atom. The van der Waals surface area contributed by atoms with Crippen LogP contribution in [0.5, 0.6) is 0 Å². The van der Waals surface area contributed by atoms with Crippen molar-refractivity contribution in [2.24, 2.45) is 5.92 Å². The molecule has 1 N–H and O–H groups in total. The van der Waals surface area contributed by atoms with Crippen molar-refractivity contribution < 1.29 is 17.6 Å². The first-order valence-corrected chi connectivity index (χ1v) is 5.47. The molecule has 1 atom stereocenters. The molecule has 0 bridgehead atoms. The Labute approximate surface area is 93.0 Å². The lowest BCUT2D eigenvalue weighted by Gasteiger charge is -2.30. The minimum Gasteiger partial charge on any atom is -0.311 e. The minimum atomic E-state index is -3.92. The van der Waals surface area contributed by atoms with Gasteiger partial charge in [-0.2, -0.15) is 8.78 Å². The summed E-state index contributed by atoms with van der Waals surface area (Å²) in [6.45, 7) is 1.30. The van der Waals surface area contributed by atoms with Gasteiger partial charge in [-0.15, -0.1) is 0 Å². The normalized spacial score (nSPS) is 24.0. The predicted molar refractivity (Wildman–Crippen MR) is 54.0 cm³/mol. The molecule has 1 heterocycles. The number of nitrogens with zero attached hydrogens (tertiary/aromatic N) is 1. The molecule has 1 rings (SSSR count). The van der Waals surface area contributed by atoms with Gasteiger partial charge in [0.1, 0.15) is 0 Å². The third kappa shape index (κ3) is 4.25. The number of piperidine rings is 1. The maximum absolute atomic E-state index is 12.6. The summed E-state index contributed by atoms with van der Waals surface area (Å²) in [5, 5.41) is 2.44. The van der Waals surface area contributed by atoms with Gasteiger partial charge in [0.2, 0.25) is 0 Å². The van der Waals surface area contributed by atoms with Crippen molar-refractivity contribution in [1.82, 2.24) is 10.2 Å². The number of alkyl halides is 4. The first-order chi connectivity index (χ1) is 7.42. The number of likely N-dealkylation sites (tertiary alicyclic amines) is 1. The molecule has 0 aromatic rings. The van der Waals surface area contributed by atoms with Crippen LogP contribution in [-0.2, 0) is 0 Å². The molecule has 6 heteroatoms. The lowest BCUT2D eigenvalue weighted by atomic mass is 9.98. The van der Waals surface area contributed by atoms with Gasteiger partial charge >= 0.3 is 12.3 Å². The van der Waals surface area contributed by atoms with Gasteiger partial charge in [0.25, 0.3) is 0 Å². The second-order valence-corrected chi connectivity index (χ2v) is 4.46. The standard InChI is InChI=1S/C10H18F4N2/c1-16-4-2-3-8(6-16)5-15-7-10(13,14)9(11)12/h8-9,15H,2-7H2,1H3. The summed E-state index contributed by atoms with van der Waals surface area (Å²) in [6, 6.07) is 0. The zero-order valence-corrected chi connectivity index (χ0v) is 9.36. The summed E-state index contributed by atoms with van der Waals surface area (Å²) >= 11 is 0. The molecule has 16 heavy (non-hydrogen) atoms. The van der Waals surface area contributed by atoms with Crippen LogP contribution < -0.4 is 5.32 Å². The van der Waals surface area contributed by atoms with Crippen molar-refractivity contribution in [3.8, 4) is 0 Å². The van der Waals surface area contributed by atoms with E-state index in [1.165, 1.54) is 0 Å². The van der Waals surface area contributed by atoms with E-state index in [9.17, 15) is 17.6 Å². The van der Waals surface area contributed by atoms with E-state index < -0.39 is 18.9 Å². The van der Waals surface area contributed by atoms with E-state index in [4.69, 9.17) is 0 Å². The Bertz CT molecular complexity index is 211. The van der Waals surface area contributed by atoms with Gasteiger partial charge in [-0.25, -0.2) is 8.78 Å². The SMILES string of the molecule is CN1CCCC(CNCC(F)(F)C(F)F)C1. The summed E-state index contributed by atoms with van der Waals surface area (Å²) < 4.78 is 48.8. The fourth-order valence-corrected chi connectivity index (χ4v) is 1.96. The van der Waals surface area contributed by atoms with E-state index >= 15 is 0 Å². The Morgan fingerprint density at radius 1 is 1.44 bits per heavy atom. The van der Waals surface area contributed by atoms with E-state index in [2.05, 4.69) is 10.2 Å². The number of hydrogen-bond acceptors (Lipinski definition) is 2. The van der Waals surface area contributed by atoms with Crippen LogP contribution in [0, 0.1) is 5.92 Å². The van der Waals surface area contributed by atoms with E-state index in [0.717, 1.165) is 25.9 Å². The summed E-state index contributed by atoms with van der Waals surface area (Å²) in [6.07, 6.45) is -1.58. The second kappa shape index (κ2) is 5.82. The summed E-state index contributed by atoms with van der Waals surface area (Å²) in [5.41, 5.74) is 0. The Hall–Kier alpha value is -0.360. The van der Waals surface area contributed by atoms with Crippen LogP contribution >= 0.6 is 0 Å². The van der Waals surface area contributed by atoms with Crippen LogP contribution in [0.4, 0.5) is 17.6 Å². The molecule has 0 aromatic heterocycles. The molecule has 0 aromatic carbocycles. The van der Waals surface area contributed by atoms with Gasteiger partial charge in [-0.1, -0.05) is 0 Å². The number of rotatable bonds is 5. The summed E-state index contributed by atoms with van der Waals surface area (Å²) in [5.74, 6) is -3.63. The highest BCUT2D eigenvalue weighted by Gasteiger charge is 2.40. The summed E-state index contributed by atoms with van der Waals surface area (Å²) in [7, 11) is 1.97. The molecule has 0 amide bonds. The largest absolute Gasteiger partial charge is 0.319 e. The van der Waals surface area contributed by atoms with Gasteiger partial charge in [0.15, 0.2) is 0 Å². The van der Waals surface area contributed by atoms with Crippen LogP contribution in [0.25, 0.3) is 0 Å². The molecular weight excluding hydrogens is 224 g/mol. The molecule has 2 nitrogen and oxygen atoms in total. The lowest BCUT2D eigenvalue weighted by Crippen LogP contribution is -2.43. The molecule has 1 fully saturated rings. The predicted octanol–water partition coefficient (Wildman–Crippen LogP) is 1.82. The monoisotopic (exact) mass is 242 g/mol. The summed E-state index contributed by atoms with van der Waals surface area (Å²) in [4.78, 5) is 2.13. The van der Waals surface area contributed by atoms with Crippen molar-refractivity contribution in [1.29, 1.82) is 0 Å². The molecule has 0 radical (unpaired) electrons. The fourth-order valence-electron chi connectivity index (χ4n) is 1.96. The van der Waals surface area contributed by atoms with E-state index in [0.29, 0.717) is 6.54 Å². The third-order valence-electron chi connectivity index (χ3n) is 2.84. The Morgan fingerprint density at radius 2 is 2.12 bits per heavy atom. The van der Waals surface area contributed by atoms with Crippen LogP contribution in [0.2, 0.25) is 0 Å². The van der Waals surface area contributed by atoms with E-state index in [-0.39, 0.29) is 5.92 Å². The molecule has 0 saturated carbocycles. The highest BCUT2D eigenvalue weighted by Crippen LogP contribution is 2.22. The van der Waals surface area contributed by atoms with Crippen molar-refractivity contribution in [2.45, 2.75) is 25.2 Å². The minimum absolute atomic E-state index is 0.284. The van der Waals surface area contributed by atoms with E-state index in [1.807, 2.05) is 7.05 Å². The lowest BCUT2D eigenvalue weighted by molar-refractivity contribution is -0.125. The maximum Gasteiger partial charge on any atom is 0.319 e. The zero-order valence-electron chi connectivity index (χ0n) is 9.36. The highest BCUT2D eigenvalue weighted by atomic mass is 19.3. The van der Waals surface area contributed by atoms with Crippen LogP contribution in [0.1, 0.15) is 12.8 Å². The first kappa shape index (κ1) is 13.7. The molecule has 96 valence electrons. The molecule has 0 spiro atoms. The topological polar surface area (TPSA) is 15.3 Å². The van der Waals surface area contributed by atoms with Gasteiger partial charge in [-0.3, -0.25) is 0 Å². The smallest absolute Gasteiger partial charge is 0.311 e. The zero-order chi connectivity index (χ0) is 12.2. The molecule has 1 aliphatic rings. The second-order valence-electron chi connectivity index (χ2n) is 4.46. The molecular formula is C10H18F4N2. The number of nitrogens with one attached hydrogen (secondary N) is 1. The average molecular weight is 242 g/mol. The average Bonchev–Trinajstić information content (AvgIpc) is 2.17. The maximum atomic E-state index is 12.6. The third-order valence-corrected chi connectivity index (χ3v) is 2.84. The van der Waals surface area contributed by atoms with Crippen LogP contribution in [-0.4, -0.2) is 50.5 Å². The van der Waals surface area contributed by atoms with Crippen molar-refractivity contribution in [2.75, 3.05) is 33.2 Å². The van der Waals surface area contributed by atoms with Gasteiger partial charge in [0, 0.05) is 6.54 Å². The Balaban J connectivity index is 2.20. The molecule has 0 aliphatic carbocycles. The van der Waals surface area contributed by atoms with Crippen molar-refractivity contribution >= 4 is 0 Å². The molecule has 1 aliphatic heterocycles. The first-order valence-electron chi connectivity index (χ1n) is 5.47. The van der Waals surface area contributed by atoms with Gasteiger partial charge in [-0.05, 0) is 38.9 Å². The van der Waals surface area contributed by atoms with Crippen LogP contribution in [0.3, 0.4) is 0 Å². The number of hydrogen-bond donors (Lipinski definition) is 1. The van der Waals surface area contributed by atoms with Gasteiger partial charge < -0.3 is 10.2 Å². The van der Waals surface area contributed by atoms with E-state index in [1.54, 1.807) is 0 Å². The quantitative estimate of drug-likeness (QED) is 0.740. The number of halogens is 4.